The molecule has 0 spiro atoms. The van der Waals surface area contributed by atoms with Crippen molar-refractivity contribution in [2.75, 3.05) is 0 Å². The summed E-state index contributed by atoms with van der Waals surface area (Å²) < 4.78 is 6.03. The van der Waals surface area contributed by atoms with Crippen molar-refractivity contribution in [1.29, 1.82) is 0 Å². The van der Waals surface area contributed by atoms with E-state index in [1.165, 1.54) is 59.1 Å². The highest BCUT2D eigenvalue weighted by molar-refractivity contribution is 7.20. The Balaban J connectivity index is 1.59. The lowest BCUT2D eigenvalue weighted by Crippen LogP contribution is -1.98. The molecule has 0 aliphatic rings. The summed E-state index contributed by atoms with van der Waals surface area (Å²) in [4.78, 5) is 5.17. The Morgan fingerprint density at radius 1 is 0.487 bits per heavy atom. The monoisotopic (exact) mass is 515 g/mol. The molecule has 0 amide bonds. The molecule has 6 aromatic carbocycles. The van der Waals surface area contributed by atoms with Crippen molar-refractivity contribution >= 4 is 75.9 Å². The van der Waals surface area contributed by atoms with Gasteiger partial charge >= 0.3 is 0 Å². The quantitative estimate of drug-likeness (QED) is 0.225. The average molecular weight is 516 g/mol. The maximum Gasteiger partial charge on any atom is 0.195 e. The van der Waals surface area contributed by atoms with E-state index >= 15 is 0 Å². The molecule has 3 aromatic heterocycles. The Hall–Kier alpha value is -4.93. The van der Waals surface area contributed by atoms with Gasteiger partial charge in [-0.1, -0.05) is 102 Å². The molecule has 0 radical (unpaired) electrons. The summed E-state index contributed by atoms with van der Waals surface area (Å²) in [6.45, 7) is 0. The SMILES string of the molecule is c1ccc(-n2c3ccccc3c3ccc4c5c6ccccc6ccc5n(-c5nc6ccccc6s5)c4c32)cc1. The zero-order valence-electron chi connectivity index (χ0n) is 20.9. The highest BCUT2D eigenvalue weighted by atomic mass is 32.1. The van der Waals surface area contributed by atoms with Gasteiger partial charge in [-0.2, -0.15) is 0 Å². The fraction of sp³-hybridized carbons (Fsp3) is 0. The first-order valence-corrected chi connectivity index (χ1v) is 14.0. The van der Waals surface area contributed by atoms with Crippen LogP contribution in [0.5, 0.6) is 0 Å². The van der Waals surface area contributed by atoms with Crippen LogP contribution in [0.3, 0.4) is 0 Å². The first-order valence-electron chi connectivity index (χ1n) is 13.2. The van der Waals surface area contributed by atoms with Crippen LogP contribution in [0.1, 0.15) is 0 Å². The highest BCUT2D eigenvalue weighted by Gasteiger charge is 2.23. The van der Waals surface area contributed by atoms with Crippen LogP contribution >= 0.6 is 11.3 Å². The number of hydrogen-bond donors (Lipinski definition) is 0. The van der Waals surface area contributed by atoms with Crippen LogP contribution in [0.4, 0.5) is 0 Å². The molecule has 9 rings (SSSR count). The van der Waals surface area contributed by atoms with E-state index in [9.17, 15) is 0 Å². The second-order valence-corrected chi connectivity index (χ2v) is 11.0. The van der Waals surface area contributed by atoms with Gasteiger partial charge in [-0.3, -0.25) is 4.57 Å². The molecule has 0 unspecified atom stereocenters. The molecular weight excluding hydrogens is 494 g/mol. The Morgan fingerprint density at radius 3 is 2.10 bits per heavy atom. The maximum atomic E-state index is 5.17. The van der Waals surface area contributed by atoms with Crippen molar-refractivity contribution < 1.29 is 0 Å². The van der Waals surface area contributed by atoms with Gasteiger partial charge in [0.05, 0.1) is 32.3 Å². The van der Waals surface area contributed by atoms with Gasteiger partial charge in [0.25, 0.3) is 0 Å². The third kappa shape index (κ3) is 2.84. The van der Waals surface area contributed by atoms with Gasteiger partial charge in [-0.25, -0.2) is 4.98 Å². The molecule has 0 aliphatic heterocycles. The molecule has 0 saturated heterocycles. The van der Waals surface area contributed by atoms with E-state index in [1.54, 1.807) is 11.3 Å². The van der Waals surface area contributed by atoms with Gasteiger partial charge < -0.3 is 4.57 Å². The summed E-state index contributed by atoms with van der Waals surface area (Å²) in [6.07, 6.45) is 0. The summed E-state index contributed by atoms with van der Waals surface area (Å²) >= 11 is 1.75. The number of rotatable bonds is 2. The summed E-state index contributed by atoms with van der Waals surface area (Å²) in [6, 6.07) is 45.7. The number of hydrogen-bond acceptors (Lipinski definition) is 2. The molecule has 39 heavy (non-hydrogen) atoms. The van der Waals surface area contributed by atoms with Crippen LogP contribution in [0.2, 0.25) is 0 Å². The highest BCUT2D eigenvalue weighted by Crippen LogP contribution is 2.44. The van der Waals surface area contributed by atoms with Gasteiger partial charge in [0, 0.05) is 27.2 Å². The van der Waals surface area contributed by atoms with E-state index in [-0.39, 0.29) is 0 Å². The fourth-order valence-electron chi connectivity index (χ4n) is 6.32. The third-order valence-electron chi connectivity index (χ3n) is 7.94. The van der Waals surface area contributed by atoms with Crippen molar-refractivity contribution in [2.45, 2.75) is 0 Å². The number of aromatic nitrogens is 3. The number of nitrogens with zero attached hydrogens (tertiary/aromatic N) is 3. The van der Waals surface area contributed by atoms with Gasteiger partial charge in [-0.05, 0) is 47.2 Å². The van der Waals surface area contributed by atoms with E-state index in [4.69, 9.17) is 4.98 Å². The lowest BCUT2D eigenvalue weighted by molar-refractivity contribution is 1.13. The van der Waals surface area contributed by atoms with E-state index in [1.807, 2.05) is 0 Å². The number of para-hydroxylation sites is 3. The Kier molecular flexibility index (Phi) is 4.21. The molecule has 4 heteroatoms. The smallest absolute Gasteiger partial charge is 0.195 e. The van der Waals surface area contributed by atoms with Gasteiger partial charge in [0.2, 0.25) is 0 Å². The molecule has 0 atom stereocenters. The standard InChI is InChI=1S/C35H21N3S/c1-2-11-23(12-3-1)37-29-16-8-6-14-25(29)26-19-20-27-32-24-13-5-4-10-22(24)18-21-30(32)38(34(27)33(26)37)35-36-28-15-7-9-17-31(28)39-35/h1-21H. The first kappa shape index (κ1) is 21.1. The second kappa shape index (κ2) is 7.79. The lowest BCUT2D eigenvalue weighted by Gasteiger charge is -2.10. The summed E-state index contributed by atoms with van der Waals surface area (Å²) in [5.74, 6) is 0. The minimum Gasteiger partial charge on any atom is -0.307 e. The average Bonchev–Trinajstić information content (AvgIpc) is 3.67. The number of fused-ring (bicyclic) bond motifs is 10. The van der Waals surface area contributed by atoms with Gasteiger partial charge in [-0.15, -0.1) is 0 Å². The Labute approximate surface area is 227 Å². The molecule has 182 valence electrons. The van der Waals surface area contributed by atoms with E-state index in [2.05, 4.69) is 137 Å². The summed E-state index contributed by atoms with van der Waals surface area (Å²) in [7, 11) is 0. The molecule has 0 aliphatic carbocycles. The van der Waals surface area contributed by atoms with E-state index in [0.717, 1.165) is 16.3 Å². The van der Waals surface area contributed by atoms with E-state index < -0.39 is 0 Å². The van der Waals surface area contributed by atoms with Crippen molar-refractivity contribution in [3.63, 3.8) is 0 Å². The Morgan fingerprint density at radius 2 is 1.21 bits per heavy atom. The van der Waals surface area contributed by atoms with Crippen molar-refractivity contribution in [3.8, 4) is 10.8 Å². The lowest BCUT2D eigenvalue weighted by atomic mass is 10.0. The molecule has 0 bridgehead atoms. The topological polar surface area (TPSA) is 22.8 Å². The normalized spacial score (nSPS) is 12.1. The van der Waals surface area contributed by atoms with Crippen molar-refractivity contribution in [2.24, 2.45) is 0 Å². The van der Waals surface area contributed by atoms with Crippen molar-refractivity contribution in [3.05, 3.63) is 127 Å². The minimum atomic E-state index is 0.990. The molecule has 0 N–H and O–H groups in total. The maximum absolute atomic E-state index is 5.17. The predicted molar refractivity (Wildman–Crippen MR) is 166 cm³/mol. The zero-order chi connectivity index (χ0) is 25.5. The summed E-state index contributed by atoms with van der Waals surface area (Å²) in [5.41, 5.74) is 6.97. The number of thiazole rings is 1. The fourth-order valence-corrected chi connectivity index (χ4v) is 7.30. The first-order chi connectivity index (χ1) is 19.4. The second-order valence-electron chi connectivity index (χ2n) is 10.0. The molecule has 0 fully saturated rings. The molecular formula is C35H21N3S. The number of benzene rings is 6. The molecule has 9 aromatic rings. The van der Waals surface area contributed by atoms with Crippen LogP contribution in [-0.4, -0.2) is 14.1 Å². The van der Waals surface area contributed by atoms with E-state index in [0.29, 0.717) is 0 Å². The van der Waals surface area contributed by atoms with Gasteiger partial charge in [0.1, 0.15) is 0 Å². The van der Waals surface area contributed by atoms with Crippen LogP contribution in [-0.2, 0) is 0 Å². The third-order valence-corrected chi connectivity index (χ3v) is 8.96. The summed E-state index contributed by atoms with van der Waals surface area (Å²) in [5, 5.41) is 8.52. The minimum absolute atomic E-state index is 0.990. The molecule has 3 nitrogen and oxygen atoms in total. The molecule has 3 heterocycles. The van der Waals surface area contributed by atoms with Crippen LogP contribution in [0.25, 0.3) is 75.4 Å². The van der Waals surface area contributed by atoms with Crippen LogP contribution in [0.15, 0.2) is 127 Å². The zero-order valence-corrected chi connectivity index (χ0v) is 21.7. The van der Waals surface area contributed by atoms with Crippen molar-refractivity contribution in [1.82, 2.24) is 14.1 Å². The largest absolute Gasteiger partial charge is 0.307 e. The predicted octanol–water partition coefficient (Wildman–Crippen LogP) is 9.64. The van der Waals surface area contributed by atoms with Gasteiger partial charge in [0.15, 0.2) is 5.13 Å². The molecule has 0 saturated carbocycles. The van der Waals surface area contributed by atoms with Crippen LogP contribution in [0, 0.1) is 0 Å². The van der Waals surface area contributed by atoms with Crippen LogP contribution < -0.4 is 0 Å². The Bertz CT molecular complexity index is 2360.